The summed E-state index contributed by atoms with van der Waals surface area (Å²) in [5.41, 5.74) is 1.60. The van der Waals surface area contributed by atoms with Gasteiger partial charge in [0.15, 0.2) is 0 Å². The van der Waals surface area contributed by atoms with E-state index in [9.17, 15) is 9.59 Å². The predicted octanol–water partition coefficient (Wildman–Crippen LogP) is 4.38. The fourth-order valence-electron chi connectivity index (χ4n) is 4.62. The molecule has 1 saturated heterocycles. The zero-order valence-corrected chi connectivity index (χ0v) is 20.1. The van der Waals surface area contributed by atoms with Crippen LogP contribution in [0.25, 0.3) is 10.7 Å². The van der Waals surface area contributed by atoms with Crippen LogP contribution in [0.3, 0.4) is 0 Å². The Hall–Kier alpha value is -2.56. The third-order valence-electron chi connectivity index (χ3n) is 6.24. The third kappa shape index (κ3) is 4.73. The first kappa shape index (κ1) is 22.2. The summed E-state index contributed by atoms with van der Waals surface area (Å²) in [6.45, 7) is 2.01. The van der Waals surface area contributed by atoms with E-state index >= 15 is 0 Å². The Bertz CT molecular complexity index is 1140. The first-order valence-corrected chi connectivity index (χ1v) is 12.9. The number of piperidine rings is 1. The number of anilines is 1. The average molecular weight is 487 g/mol. The molecule has 1 amide bonds. The Balaban J connectivity index is 1.25. The monoisotopic (exact) mass is 486 g/mol. The van der Waals surface area contributed by atoms with Crippen LogP contribution in [0.4, 0.5) is 5.00 Å². The highest BCUT2D eigenvalue weighted by molar-refractivity contribution is 7.17. The summed E-state index contributed by atoms with van der Waals surface area (Å²) in [6.07, 6.45) is 5.71. The van der Waals surface area contributed by atoms with E-state index in [0.717, 1.165) is 55.5 Å². The van der Waals surface area contributed by atoms with Gasteiger partial charge in [0.25, 0.3) is 0 Å². The van der Waals surface area contributed by atoms with Crippen molar-refractivity contribution in [3.05, 3.63) is 39.4 Å². The summed E-state index contributed by atoms with van der Waals surface area (Å²) in [7, 11) is 1.39. The van der Waals surface area contributed by atoms with E-state index in [1.807, 2.05) is 17.5 Å². The third-order valence-corrected chi connectivity index (χ3v) is 8.32. The molecule has 8 nitrogen and oxygen atoms in total. The van der Waals surface area contributed by atoms with Crippen molar-refractivity contribution in [2.24, 2.45) is 5.92 Å². The number of hydrogen-bond donors (Lipinski definition) is 1. The number of esters is 1. The first-order valence-electron chi connectivity index (χ1n) is 11.2. The molecule has 5 rings (SSSR count). The van der Waals surface area contributed by atoms with Crippen molar-refractivity contribution in [1.29, 1.82) is 0 Å². The van der Waals surface area contributed by atoms with Gasteiger partial charge in [0.1, 0.15) is 5.00 Å². The van der Waals surface area contributed by atoms with Crippen molar-refractivity contribution in [3.63, 3.8) is 0 Å². The molecule has 1 N–H and O–H groups in total. The van der Waals surface area contributed by atoms with Crippen LogP contribution in [0, 0.1) is 5.92 Å². The molecular weight excluding hydrogens is 460 g/mol. The highest BCUT2D eigenvalue weighted by Gasteiger charge is 2.31. The molecule has 1 aliphatic heterocycles. The standard InChI is InChI=1S/C23H26N4O4S2/c1-30-23(29)19-15-7-2-3-8-16(15)33-22(19)25-21(28)14-6-4-10-27(12-14)13-18-24-20(26-31-18)17-9-5-11-32-17/h5,9,11,14H,2-4,6-8,10,12-13H2,1H3,(H,25,28). The number of methoxy groups -OCH3 is 1. The van der Waals surface area contributed by atoms with Gasteiger partial charge in [-0.05, 0) is 62.1 Å². The molecule has 1 fully saturated rings. The average Bonchev–Trinajstić information content (AvgIpc) is 3.58. The number of amides is 1. The number of aromatic nitrogens is 2. The molecule has 1 aliphatic carbocycles. The second-order valence-corrected chi connectivity index (χ2v) is 10.5. The quantitative estimate of drug-likeness (QED) is 0.517. The number of hydrogen-bond acceptors (Lipinski definition) is 9. The van der Waals surface area contributed by atoms with Gasteiger partial charge in [0.05, 0.1) is 30.0 Å². The summed E-state index contributed by atoms with van der Waals surface area (Å²) < 4.78 is 10.5. The van der Waals surface area contributed by atoms with E-state index in [0.29, 0.717) is 35.4 Å². The molecular formula is C23H26N4O4S2. The lowest BCUT2D eigenvalue weighted by Crippen LogP contribution is -2.40. The number of carbonyl (C=O) groups excluding carboxylic acids is 2. The molecule has 174 valence electrons. The van der Waals surface area contributed by atoms with Crippen molar-refractivity contribution in [2.45, 2.75) is 45.1 Å². The second-order valence-electron chi connectivity index (χ2n) is 8.46. The second kappa shape index (κ2) is 9.74. The number of fused-ring (bicyclic) bond motifs is 1. The van der Waals surface area contributed by atoms with Crippen molar-refractivity contribution >= 4 is 39.6 Å². The molecule has 0 radical (unpaired) electrons. The number of thiophene rings is 2. The van der Waals surface area contributed by atoms with Gasteiger partial charge < -0.3 is 14.6 Å². The maximum Gasteiger partial charge on any atom is 0.341 e. The van der Waals surface area contributed by atoms with Crippen LogP contribution >= 0.6 is 22.7 Å². The van der Waals surface area contributed by atoms with Crippen LogP contribution in [0.5, 0.6) is 0 Å². The number of ether oxygens (including phenoxy) is 1. The molecule has 4 heterocycles. The minimum atomic E-state index is -0.368. The maximum atomic E-state index is 13.2. The molecule has 3 aromatic heterocycles. The Labute approximate surface area is 199 Å². The van der Waals surface area contributed by atoms with Gasteiger partial charge >= 0.3 is 5.97 Å². The lowest BCUT2D eigenvalue weighted by molar-refractivity contribution is -0.121. The van der Waals surface area contributed by atoms with Crippen LogP contribution < -0.4 is 5.32 Å². The SMILES string of the molecule is COC(=O)c1c(NC(=O)C2CCCN(Cc3nc(-c4cccs4)no3)C2)sc2c1CCCC2. The molecule has 0 saturated carbocycles. The van der Waals surface area contributed by atoms with Gasteiger partial charge in [0, 0.05) is 11.4 Å². The summed E-state index contributed by atoms with van der Waals surface area (Å²) in [6, 6.07) is 3.92. The number of carbonyl (C=O) groups is 2. The summed E-state index contributed by atoms with van der Waals surface area (Å²) in [5, 5.41) is 9.75. The van der Waals surface area contributed by atoms with Gasteiger partial charge in [-0.15, -0.1) is 22.7 Å². The Morgan fingerprint density at radius 2 is 2.18 bits per heavy atom. The molecule has 10 heteroatoms. The molecule has 1 atom stereocenters. The molecule has 33 heavy (non-hydrogen) atoms. The van der Waals surface area contributed by atoms with E-state index < -0.39 is 0 Å². The highest BCUT2D eigenvalue weighted by Crippen LogP contribution is 2.39. The van der Waals surface area contributed by atoms with Crippen LogP contribution in [0.15, 0.2) is 22.0 Å². The van der Waals surface area contributed by atoms with E-state index in [1.165, 1.54) is 23.3 Å². The molecule has 0 aromatic carbocycles. The van der Waals surface area contributed by atoms with Crippen molar-refractivity contribution in [3.8, 4) is 10.7 Å². The minimum absolute atomic E-state index is 0.0479. The van der Waals surface area contributed by atoms with E-state index in [-0.39, 0.29) is 17.8 Å². The number of aryl methyl sites for hydroxylation is 1. The van der Waals surface area contributed by atoms with E-state index in [1.54, 1.807) is 11.3 Å². The van der Waals surface area contributed by atoms with E-state index in [4.69, 9.17) is 9.26 Å². The van der Waals surface area contributed by atoms with Crippen LogP contribution in [-0.4, -0.2) is 47.1 Å². The Kier molecular flexibility index (Phi) is 6.57. The number of likely N-dealkylation sites (tertiary alicyclic amines) is 1. The van der Waals surface area contributed by atoms with Gasteiger partial charge in [-0.1, -0.05) is 11.2 Å². The zero-order valence-electron chi connectivity index (χ0n) is 18.5. The maximum absolute atomic E-state index is 13.2. The molecule has 0 spiro atoms. The molecule has 1 unspecified atom stereocenters. The van der Waals surface area contributed by atoms with Crippen LogP contribution in [-0.2, 0) is 28.9 Å². The molecule has 0 bridgehead atoms. The molecule has 3 aromatic rings. The molecule has 2 aliphatic rings. The summed E-state index contributed by atoms with van der Waals surface area (Å²) in [5.74, 6) is 0.575. The summed E-state index contributed by atoms with van der Waals surface area (Å²) in [4.78, 5) is 34.5. The Morgan fingerprint density at radius 3 is 3.00 bits per heavy atom. The predicted molar refractivity (Wildman–Crippen MR) is 127 cm³/mol. The topological polar surface area (TPSA) is 97.6 Å². The smallest absolute Gasteiger partial charge is 0.341 e. The fourth-order valence-corrected chi connectivity index (χ4v) is 6.54. The van der Waals surface area contributed by atoms with Gasteiger partial charge in [-0.3, -0.25) is 9.69 Å². The van der Waals surface area contributed by atoms with Crippen molar-refractivity contribution < 1.29 is 18.8 Å². The zero-order chi connectivity index (χ0) is 22.8. The summed E-state index contributed by atoms with van der Waals surface area (Å²) >= 11 is 3.10. The van der Waals surface area contributed by atoms with Gasteiger partial charge in [-0.2, -0.15) is 4.98 Å². The lowest BCUT2D eigenvalue weighted by atomic mass is 9.95. The number of nitrogens with zero attached hydrogens (tertiary/aromatic N) is 3. The number of rotatable bonds is 6. The first-order chi connectivity index (χ1) is 16.1. The largest absolute Gasteiger partial charge is 0.465 e. The van der Waals surface area contributed by atoms with Crippen molar-refractivity contribution in [2.75, 3.05) is 25.5 Å². The Morgan fingerprint density at radius 1 is 1.30 bits per heavy atom. The van der Waals surface area contributed by atoms with Gasteiger partial charge in [0.2, 0.25) is 17.6 Å². The fraction of sp³-hybridized carbons (Fsp3) is 0.478. The normalized spacial score (nSPS) is 18.6. The van der Waals surface area contributed by atoms with E-state index in [2.05, 4.69) is 20.4 Å². The van der Waals surface area contributed by atoms with Crippen LogP contribution in [0.1, 0.15) is 52.4 Å². The van der Waals surface area contributed by atoms with Crippen LogP contribution in [0.2, 0.25) is 0 Å². The minimum Gasteiger partial charge on any atom is -0.465 e. The number of nitrogens with one attached hydrogen (secondary N) is 1. The van der Waals surface area contributed by atoms with Gasteiger partial charge in [-0.25, -0.2) is 4.79 Å². The lowest BCUT2D eigenvalue weighted by Gasteiger charge is -2.30. The highest BCUT2D eigenvalue weighted by atomic mass is 32.1. The van der Waals surface area contributed by atoms with Crippen molar-refractivity contribution in [1.82, 2.24) is 15.0 Å².